The molecule has 126 valence electrons. The van der Waals surface area contributed by atoms with Crippen molar-refractivity contribution in [3.8, 4) is 0 Å². The molecule has 3 aliphatic carbocycles. The molecule has 4 nitrogen and oxygen atoms in total. The van der Waals surface area contributed by atoms with Crippen LogP contribution in [0.2, 0.25) is 0 Å². The fourth-order valence-corrected chi connectivity index (χ4v) is 4.90. The Morgan fingerprint density at radius 2 is 2.00 bits per heavy atom. The molecule has 4 aliphatic rings. The summed E-state index contributed by atoms with van der Waals surface area (Å²) in [6, 6.07) is 6.02. The highest BCUT2D eigenvalue weighted by Crippen LogP contribution is 2.73. The van der Waals surface area contributed by atoms with E-state index in [0.717, 1.165) is 5.56 Å². The van der Waals surface area contributed by atoms with Gasteiger partial charge in [0.05, 0.1) is 11.6 Å². The number of benzene rings is 1. The average Bonchev–Trinajstić information content (AvgIpc) is 2.98. The van der Waals surface area contributed by atoms with Crippen LogP contribution in [0, 0.1) is 11.2 Å². The molecule has 6 rings (SSSR count). The van der Waals surface area contributed by atoms with E-state index in [2.05, 4.69) is 5.10 Å². The second kappa shape index (κ2) is 4.32. The molecule has 0 unspecified atom stereocenters. The molecule has 3 fully saturated rings. The molecule has 2 aromatic rings. The Morgan fingerprint density at radius 3 is 2.67 bits per heavy atom. The van der Waals surface area contributed by atoms with Gasteiger partial charge < -0.3 is 0 Å². The van der Waals surface area contributed by atoms with E-state index in [-0.39, 0.29) is 17.5 Å². The quantitative estimate of drug-likeness (QED) is 0.865. The van der Waals surface area contributed by atoms with Crippen molar-refractivity contribution in [1.82, 2.24) is 14.3 Å². The molecule has 0 spiro atoms. The zero-order valence-electron chi connectivity index (χ0n) is 12.9. The van der Waals surface area contributed by atoms with Gasteiger partial charge in [-0.1, -0.05) is 12.1 Å². The van der Waals surface area contributed by atoms with Gasteiger partial charge in [0.15, 0.2) is 0 Å². The van der Waals surface area contributed by atoms with E-state index in [1.54, 1.807) is 16.7 Å². The molecule has 0 amide bonds. The summed E-state index contributed by atoms with van der Waals surface area (Å²) in [6.45, 7) is 0. The van der Waals surface area contributed by atoms with E-state index < -0.39 is 17.4 Å². The van der Waals surface area contributed by atoms with Crippen LogP contribution in [0.1, 0.15) is 43.1 Å². The number of fused-ring (bicyclic) bond motifs is 1. The summed E-state index contributed by atoms with van der Waals surface area (Å²) in [4.78, 5) is 12.8. The van der Waals surface area contributed by atoms with Crippen molar-refractivity contribution < 1.29 is 13.2 Å². The number of rotatable bonds is 3. The van der Waals surface area contributed by atoms with Gasteiger partial charge in [0.1, 0.15) is 11.6 Å². The van der Waals surface area contributed by atoms with Crippen LogP contribution in [-0.2, 0) is 12.0 Å². The van der Waals surface area contributed by atoms with Crippen molar-refractivity contribution in [2.24, 2.45) is 5.41 Å². The smallest absolute Gasteiger partial charge is 0.271 e. The number of aryl methyl sites for hydroxylation is 1. The molecular formula is C17H16F3N3O. The largest absolute Gasteiger partial charge is 0.347 e. The van der Waals surface area contributed by atoms with Gasteiger partial charge in [-0.2, -0.15) is 5.10 Å². The first-order valence-corrected chi connectivity index (χ1v) is 8.19. The van der Waals surface area contributed by atoms with Gasteiger partial charge in [-0.05, 0) is 43.4 Å². The molecule has 7 heteroatoms. The molecule has 1 aromatic heterocycles. The van der Waals surface area contributed by atoms with Crippen molar-refractivity contribution in [3.63, 3.8) is 0 Å². The lowest BCUT2D eigenvalue weighted by Crippen LogP contribution is -2.72. The molecule has 1 aromatic carbocycles. The maximum absolute atomic E-state index is 13.5. The minimum atomic E-state index is -2.33. The van der Waals surface area contributed by atoms with Gasteiger partial charge >= 0.3 is 5.69 Å². The van der Waals surface area contributed by atoms with Crippen molar-refractivity contribution in [1.29, 1.82) is 0 Å². The lowest BCUT2D eigenvalue weighted by atomic mass is 9.39. The van der Waals surface area contributed by atoms with Crippen LogP contribution in [0.25, 0.3) is 0 Å². The fraction of sp³-hybridized carbons (Fsp3) is 0.529. The number of nitrogens with zero attached hydrogens (tertiary/aromatic N) is 3. The molecule has 24 heavy (non-hydrogen) atoms. The minimum Gasteiger partial charge on any atom is -0.271 e. The summed E-state index contributed by atoms with van der Waals surface area (Å²) in [6.07, 6.45) is 0.00950. The maximum Gasteiger partial charge on any atom is 0.347 e. The first-order valence-electron chi connectivity index (χ1n) is 8.19. The van der Waals surface area contributed by atoms with E-state index in [1.807, 2.05) is 0 Å². The zero-order valence-corrected chi connectivity index (χ0v) is 12.9. The first kappa shape index (κ1) is 14.3. The van der Waals surface area contributed by atoms with Crippen LogP contribution >= 0.6 is 0 Å². The van der Waals surface area contributed by atoms with Gasteiger partial charge in [0, 0.05) is 11.8 Å². The monoisotopic (exact) mass is 335 g/mol. The highest BCUT2D eigenvalue weighted by molar-refractivity contribution is 5.26. The van der Waals surface area contributed by atoms with Crippen molar-refractivity contribution in [3.05, 3.63) is 52.0 Å². The lowest BCUT2D eigenvalue weighted by Gasteiger charge is -2.68. The van der Waals surface area contributed by atoms with Crippen LogP contribution in [0.3, 0.4) is 0 Å². The Kier molecular flexibility index (Phi) is 2.57. The SMILES string of the molecule is O=c1n(C23CC(C(F)F)(C2)C3)nc2n1[C@H](c1cccc(F)c1)CC2. The van der Waals surface area contributed by atoms with E-state index in [1.165, 1.54) is 16.8 Å². The number of hydrogen-bond donors (Lipinski definition) is 0. The lowest BCUT2D eigenvalue weighted by molar-refractivity contribution is -0.258. The van der Waals surface area contributed by atoms with Gasteiger partial charge in [0.25, 0.3) is 0 Å². The zero-order chi connectivity index (χ0) is 16.7. The number of alkyl halides is 2. The van der Waals surface area contributed by atoms with Crippen LogP contribution in [0.5, 0.6) is 0 Å². The van der Waals surface area contributed by atoms with Crippen LogP contribution in [-0.4, -0.2) is 20.8 Å². The van der Waals surface area contributed by atoms with Gasteiger partial charge in [0.2, 0.25) is 6.43 Å². The minimum absolute atomic E-state index is 0.228. The molecule has 2 bridgehead atoms. The summed E-state index contributed by atoms with van der Waals surface area (Å²) in [5, 5.41) is 4.44. The Hall–Kier alpha value is -2.05. The fourth-order valence-electron chi connectivity index (χ4n) is 4.90. The third-order valence-corrected chi connectivity index (χ3v) is 6.02. The Balaban J connectivity index is 1.51. The molecule has 0 N–H and O–H groups in total. The third-order valence-electron chi connectivity index (χ3n) is 6.02. The number of aromatic nitrogens is 3. The molecule has 1 atom stereocenters. The summed E-state index contributed by atoms with van der Waals surface area (Å²) in [5.74, 6) is 0.338. The standard InChI is InChI=1S/C17H16F3N3O/c18-11-3-1-2-10(6-11)12-4-5-13-21-23(15(24)22(12)13)17-7-16(8-17,9-17)14(19)20/h1-3,6,12,14H,4-5,7-9H2/t12-,16?,17?/m0/s1. The summed E-state index contributed by atoms with van der Waals surface area (Å²) in [5.41, 5.74) is -0.913. The van der Waals surface area contributed by atoms with Gasteiger partial charge in [-0.25, -0.2) is 22.6 Å². The van der Waals surface area contributed by atoms with E-state index >= 15 is 0 Å². The Bertz CT molecular complexity index is 881. The van der Waals surface area contributed by atoms with Crippen LogP contribution in [0.15, 0.2) is 29.1 Å². The normalized spacial score (nSPS) is 33.2. The molecule has 0 saturated heterocycles. The predicted molar refractivity (Wildman–Crippen MR) is 79.6 cm³/mol. The van der Waals surface area contributed by atoms with Crippen LogP contribution < -0.4 is 5.69 Å². The molecular weight excluding hydrogens is 319 g/mol. The predicted octanol–water partition coefficient (Wildman–Crippen LogP) is 2.86. The van der Waals surface area contributed by atoms with Crippen LogP contribution in [0.4, 0.5) is 13.2 Å². The molecule has 1 aliphatic heterocycles. The topological polar surface area (TPSA) is 39.8 Å². The first-order chi connectivity index (χ1) is 11.4. The summed E-state index contributed by atoms with van der Waals surface area (Å²) >= 11 is 0. The van der Waals surface area contributed by atoms with Gasteiger partial charge in [-0.15, -0.1) is 0 Å². The van der Waals surface area contributed by atoms with Gasteiger partial charge in [-0.3, -0.25) is 4.57 Å². The van der Waals surface area contributed by atoms with Crippen molar-refractivity contribution in [2.45, 2.75) is 50.1 Å². The third kappa shape index (κ3) is 1.60. The second-order valence-electron chi connectivity index (χ2n) is 7.51. The second-order valence-corrected chi connectivity index (χ2v) is 7.51. The molecule has 2 heterocycles. The summed E-state index contributed by atoms with van der Waals surface area (Å²) < 4.78 is 42.6. The van der Waals surface area contributed by atoms with Crippen molar-refractivity contribution in [2.75, 3.05) is 0 Å². The number of halogens is 3. The van der Waals surface area contributed by atoms with E-state index in [9.17, 15) is 18.0 Å². The van der Waals surface area contributed by atoms with Crippen molar-refractivity contribution >= 4 is 0 Å². The summed E-state index contributed by atoms with van der Waals surface area (Å²) in [7, 11) is 0. The Labute approximate surface area is 135 Å². The molecule has 0 radical (unpaired) electrons. The molecule has 3 saturated carbocycles. The maximum atomic E-state index is 13.5. The van der Waals surface area contributed by atoms with E-state index in [4.69, 9.17) is 0 Å². The highest BCUT2D eigenvalue weighted by atomic mass is 19.3. The average molecular weight is 335 g/mol. The van der Waals surface area contributed by atoms with E-state index in [0.29, 0.717) is 37.9 Å². The highest BCUT2D eigenvalue weighted by Gasteiger charge is 2.74. The Morgan fingerprint density at radius 1 is 1.25 bits per heavy atom. The number of hydrogen-bond acceptors (Lipinski definition) is 2.